The van der Waals surface area contributed by atoms with E-state index in [2.05, 4.69) is 20.4 Å². The molecule has 1 N–H and O–H groups in total. The van der Waals surface area contributed by atoms with Gasteiger partial charge >= 0.3 is 27.3 Å². The van der Waals surface area contributed by atoms with Crippen molar-refractivity contribution < 1.29 is 4.42 Å². The van der Waals surface area contributed by atoms with Crippen LogP contribution < -0.4 is 0 Å². The number of nitrogens with zero attached hydrogens (tertiary/aromatic N) is 3. The molecule has 0 aromatic carbocycles. The number of aromatic amines is 1. The molecule has 2 radical (unpaired) electrons. The van der Waals surface area contributed by atoms with Crippen molar-refractivity contribution in [1.82, 2.24) is 20.4 Å². The number of hydrogen-bond donors (Lipinski definition) is 1. The predicted molar refractivity (Wildman–Crippen MR) is 40.4 cm³/mol. The molecule has 11 heavy (non-hydrogen) atoms. The summed E-state index contributed by atoms with van der Waals surface area (Å²) < 4.78 is 4.94. The number of hydrogen-bond acceptors (Lipinski definition) is 4. The third-order valence-corrected chi connectivity index (χ3v) is 1.07. The minimum absolute atomic E-state index is 0. The number of aromatic nitrogens is 4. The van der Waals surface area contributed by atoms with Crippen LogP contribution in [-0.2, 0) is 0 Å². The number of H-pyrrole nitrogens is 1. The summed E-state index contributed by atoms with van der Waals surface area (Å²) in [5.74, 6) is 0.480. The first kappa shape index (κ1) is 8.37. The second-order valence-electron chi connectivity index (χ2n) is 1.70. The summed E-state index contributed by atoms with van der Waals surface area (Å²) in [5, 5.41) is 9.76. The van der Waals surface area contributed by atoms with Crippen molar-refractivity contribution in [3.05, 3.63) is 18.7 Å². The van der Waals surface area contributed by atoms with E-state index in [1.807, 2.05) is 0 Å². The van der Waals surface area contributed by atoms with E-state index in [0.717, 1.165) is 0 Å². The van der Waals surface area contributed by atoms with Gasteiger partial charge in [-0.15, -0.1) is 5.10 Å². The van der Waals surface area contributed by atoms with Crippen LogP contribution in [-0.4, -0.2) is 47.7 Å². The SMILES string of the molecule is [PbH2].c1coc(-c2c[nH]nn2)n1. The molecular formula is C5H6N4OPb. The number of nitrogens with one attached hydrogen (secondary N) is 1. The molecule has 0 bridgehead atoms. The van der Waals surface area contributed by atoms with E-state index >= 15 is 0 Å². The van der Waals surface area contributed by atoms with Crippen molar-refractivity contribution in [3.8, 4) is 11.6 Å². The molecule has 0 amide bonds. The first-order chi connectivity index (χ1) is 4.97. The summed E-state index contributed by atoms with van der Waals surface area (Å²) in [5.41, 5.74) is 0.616. The summed E-state index contributed by atoms with van der Waals surface area (Å²) >= 11 is 0. The fourth-order valence-corrected chi connectivity index (χ4v) is 0.656. The molecule has 2 aromatic rings. The molecule has 5 nitrogen and oxygen atoms in total. The van der Waals surface area contributed by atoms with Crippen LogP contribution in [0.1, 0.15) is 0 Å². The fourth-order valence-electron chi connectivity index (χ4n) is 0.656. The van der Waals surface area contributed by atoms with Crippen LogP contribution in [0.15, 0.2) is 23.1 Å². The van der Waals surface area contributed by atoms with Gasteiger partial charge in [0, 0.05) is 0 Å². The van der Waals surface area contributed by atoms with Crippen LogP contribution >= 0.6 is 0 Å². The van der Waals surface area contributed by atoms with Crippen molar-refractivity contribution in [2.24, 2.45) is 0 Å². The van der Waals surface area contributed by atoms with E-state index in [4.69, 9.17) is 4.42 Å². The van der Waals surface area contributed by atoms with E-state index < -0.39 is 0 Å². The van der Waals surface area contributed by atoms with E-state index in [-0.39, 0.29) is 27.3 Å². The van der Waals surface area contributed by atoms with Crippen molar-refractivity contribution in [3.63, 3.8) is 0 Å². The summed E-state index contributed by atoms with van der Waals surface area (Å²) in [6.07, 6.45) is 4.67. The van der Waals surface area contributed by atoms with Crippen LogP contribution in [0.3, 0.4) is 0 Å². The molecule has 0 fully saturated rings. The zero-order chi connectivity index (χ0) is 6.81. The number of oxazole rings is 1. The molecule has 0 aliphatic heterocycles. The molecule has 2 aromatic heterocycles. The number of rotatable bonds is 1. The van der Waals surface area contributed by atoms with Crippen LogP contribution in [0, 0.1) is 0 Å². The fraction of sp³-hybridized carbons (Fsp3) is 0. The Morgan fingerprint density at radius 2 is 2.36 bits per heavy atom. The van der Waals surface area contributed by atoms with Gasteiger partial charge in [-0.05, 0) is 0 Å². The molecule has 0 spiro atoms. The van der Waals surface area contributed by atoms with Gasteiger partial charge in [0.05, 0.1) is 12.4 Å². The van der Waals surface area contributed by atoms with E-state index in [0.29, 0.717) is 11.6 Å². The Morgan fingerprint density at radius 1 is 1.45 bits per heavy atom. The standard InChI is InChI=1S/C5H4N4O.Pb.2H/c1-2-10-5(6-1)4-3-7-9-8-4;;;/h1-3H,(H,7,8,9);;;. The summed E-state index contributed by atoms with van der Waals surface area (Å²) in [4.78, 5) is 3.87. The van der Waals surface area contributed by atoms with E-state index in [1.165, 1.54) is 6.26 Å². The Labute approximate surface area is 82.4 Å². The van der Waals surface area contributed by atoms with Gasteiger partial charge in [0.15, 0.2) is 5.69 Å². The summed E-state index contributed by atoms with van der Waals surface area (Å²) in [7, 11) is 0. The Balaban J connectivity index is 0.000000605. The largest absolute Gasteiger partial charge is 0.443 e. The zero-order valence-electron chi connectivity index (χ0n) is 5.69. The maximum absolute atomic E-state index is 4.94. The zero-order valence-corrected chi connectivity index (χ0v) is 11.2. The van der Waals surface area contributed by atoms with Gasteiger partial charge in [-0.3, -0.25) is 5.10 Å². The van der Waals surface area contributed by atoms with E-state index in [1.54, 1.807) is 12.4 Å². The van der Waals surface area contributed by atoms with Gasteiger partial charge in [0.2, 0.25) is 5.89 Å². The second-order valence-corrected chi connectivity index (χ2v) is 1.70. The van der Waals surface area contributed by atoms with Crippen LogP contribution in [0.4, 0.5) is 0 Å². The van der Waals surface area contributed by atoms with Gasteiger partial charge in [0.25, 0.3) is 0 Å². The van der Waals surface area contributed by atoms with Crippen LogP contribution in [0.5, 0.6) is 0 Å². The second kappa shape index (κ2) is 3.60. The molecule has 0 unspecified atom stereocenters. The normalized spacial score (nSPS) is 9.09. The van der Waals surface area contributed by atoms with Gasteiger partial charge in [0.1, 0.15) is 6.26 Å². The monoisotopic (exact) mass is 346 g/mol. The van der Waals surface area contributed by atoms with Gasteiger partial charge < -0.3 is 4.42 Å². The molecule has 0 atom stereocenters. The summed E-state index contributed by atoms with van der Waals surface area (Å²) in [6.45, 7) is 0. The van der Waals surface area contributed by atoms with Crippen LogP contribution in [0.2, 0.25) is 0 Å². The molecule has 56 valence electrons. The first-order valence-corrected chi connectivity index (χ1v) is 2.73. The smallest absolute Gasteiger partial charge is 0.248 e. The minimum atomic E-state index is 0. The van der Waals surface area contributed by atoms with Gasteiger partial charge in [-0.1, -0.05) is 5.21 Å². The quantitative estimate of drug-likeness (QED) is 0.711. The van der Waals surface area contributed by atoms with Crippen molar-refractivity contribution >= 4 is 27.3 Å². The maximum atomic E-state index is 4.94. The Kier molecular flexibility index (Phi) is 2.74. The van der Waals surface area contributed by atoms with Crippen molar-refractivity contribution in [2.75, 3.05) is 0 Å². The van der Waals surface area contributed by atoms with E-state index in [9.17, 15) is 0 Å². The maximum Gasteiger partial charge on any atom is 0.248 e. The van der Waals surface area contributed by atoms with Gasteiger partial charge in [-0.2, -0.15) is 0 Å². The molecule has 0 saturated carbocycles. The Hall–Kier alpha value is -0.728. The van der Waals surface area contributed by atoms with Gasteiger partial charge in [-0.25, -0.2) is 4.98 Å². The minimum Gasteiger partial charge on any atom is -0.443 e. The molecular weight excluding hydrogens is 339 g/mol. The predicted octanol–water partition coefficient (Wildman–Crippen LogP) is -0.457. The Morgan fingerprint density at radius 3 is 2.91 bits per heavy atom. The van der Waals surface area contributed by atoms with Crippen LogP contribution in [0.25, 0.3) is 11.6 Å². The molecule has 0 saturated heterocycles. The van der Waals surface area contributed by atoms with Crippen molar-refractivity contribution in [1.29, 1.82) is 0 Å². The Bertz CT molecular complexity index is 258. The topological polar surface area (TPSA) is 67.6 Å². The molecule has 2 heterocycles. The summed E-state index contributed by atoms with van der Waals surface area (Å²) in [6, 6.07) is 0. The average molecular weight is 345 g/mol. The first-order valence-electron chi connectivity index (χ1n) is 2.73. The molecule has 2 rings (SSSR count). The average Bonchev–Trinajstić information content (AvgIpc) is 2.59. The van der Waals surface area contributed by atoms with Crippen molar-refractivity contribution in [2.45, 2.75) is 0 Å². The molecule has 6 heteroatoms. The third kappa shape index (κ3) is 1.64. The molecule has 0 aliphatic carbocycles. The third-order valence-electron chi connectivity index (χ3n) is 1.07. The molecule has 0 aliphatic rings.